The van der Waals surface area contributed by atoms with Gasteiger partial charge in [0.2, 0.25) is 5.91 Å². The highest BCUT2D eigenvalue weighted by molar-refractivity contribution is 9.09. The number of rotatable bonds is 5. The Bertz CT molecular complexity index is 765. The number of thioether (sulfide) groups is 1. The van der Waals surface area contributed by atoms with E-state index in [2.05, 4.69) is 31.3 Å². The van der Waals surface area contributed by atoms with Crippen LogP contribution in [0.2, 0.25) is 0 Å². The highest BCUT2D eigenvalue weighted by atomic mass is 79.9. The number of carboxylic acid groups (broad SMARTS) is 1. The highest BCUT2D eigenvalue weighted by Gasteiger charge is 2.53. The molecule has 0 bridgehead atoms. The van der Waals surface area contributed by atoms with E-state index in [1.807, 2.05) is 6.08 Å². The molecule has 10 heteroatoms. The van der Waals surface area contributed by atoms with Crippen LogP contribution in [0.4, 0.5) is 0 Å². The molecule has 152 valence electrons. The third-order valence-corrected chi connectivity index (χ3v) is 7.39. The molecule has 8 nitrogen and oxygen atoms in total. The van der Waals surface area contributed by atoms with E-state index in [9.17, 15) is 19.5 Å². The lowest BCUT2D eigenvalue weighted by atomic mass is 10.0. The Kier molecular flexibility index (Phi) is 5.82. The number of allylic oxidation sites excluding steroid dienone is 1. The van der Waals surface area contributed by atoms with Crippen molar-refractivity contribution in [1.29, 1.82) is 0 Å². The number of aliphatic carboxylic acids is 1. The molecule has 2 unspecified atom stereocenters. The van der Waals surface area contributed by atoms with E-state index in [-0.39, 0.29) is 28.2 Å². The maximum Gasteiger partial charge on any atom is 0.352 e. The number of halogens is 1. The maximum atomic E-state index is 12.5. The molecule has 0 saturated carbocycles. The Morgan fingerprint density at radius 3 is 2.68 bits per heavy atom. The molecular weight excluding hydrogens is 448 g/mol. The van der Waals surface area contributed by atoms with E-state index >= 15 is 0 Å². The zero-order valence-electron chi connectivity index (χ0n) is 15.4. The molecule has 2 N–H and O–H groups in total. The molecule has 4 aliphatic heterocycles. The van der Waals surface area contributed by atoms with E-state index in [1.54, 1.807) is 0 Å². The molecule has 3 saturated heterocycles. The molecule has 0 radical (unpaired) electrons. The van der Waals surface area contributed by atoms with Crippen molar-refractivity contribution in [3.63, 3.8) is 0 Å². The zero-order chi connectivity index (χ0) is 19.8. The summed E-state index contributed by atoms with van der Waals surface area (Å²) in [6.45, 7) is 3.97. The van der Waals surface area contributed by atoms with E-state index in [1.165, 1.54) is 35.1 Å². The standard InChI is InChI=1S/C18H23BrN4O4S/c19-8-13(24)20-14-16(25)23-15(18(26)27)12(10-28-17(14)23)7-11-3-6-22(9-11)21-4-1-2-5-21/h7,14,17H,1-6,8-10H2,(H,20,24)(H,26,27). The van der Waals surface area contributed by atoms with Crippen molar-refractivity contribution in [2.45, 2.75) is 30.7 Å². The van der Waals surface area contributed by atoms with Crippen LogP contribution >= 0.6 is 27.7 Å². The summed E-state index contributed by atoms with van der Waals surface area (Å²) < 4.78 is 0. The highest BCUT2D eigenvalue weighted by Crippen LogP contribution is 2.41. The fourth-order valence-corrected chi connectivity index (χ4v) is 5.69. The minimum Gasteiger partial charge on any atom is -0.477 e. The van der Waals surface area contributed by atoms with Gasteiger partial charge in [-0.05, 0) is 24.8 Å². The summed E-state index contributed by atoms with van der Waals surface area (Å²) in [6, 6.07) is -0.657. The van der Waals surface area contributed by atoms with Gasteiger partial charge in [0.1, 0.15) is 17.1 Å². The Balaban J connectivity index is 1.51. The topological polar surface area (TPSA) is 93.2 Å². The van der Waals surface area contributed by atoms with Gasteiger partial charge >= 0.3 is 5.97 Å². The number of alkyl halides is 1. The zero-order valence-corrected chi connectivity index (χ0v) is 17.8. The van der Waals surface area contributed by atoms with Gasteiger partial charge in [-0.1, -0.05) is 27.6 Å². The molecule has 2 amide bonds. The van der Waals surface area contributed by atoms with Crippen LogP contribution in [0.1, 0.15) is 19.3 Å². The summed E-state index contributed by atoms with van der Waals surface area (Å²) in [7, 11) is 0. The van der Waals surface area contributed by atoms with Crippen molar-refractivity contribution >= 4 is 45.5 Å². The first-order valence-electron chi connectivity index (χ1n) is 9.45. The summed E-state index contributed by atoms with van der Waals surface area (Å²) in [5.74, 6) is -1.21. The summed E-state index contributed by atoms with van der Waals surface area (Å²) in [6.07, 6.45) is 5.34. The van der Waals surface area contributed by atoms with E-state index < -0.39 is 12.0 Å². The van der Waals surface area contributed by atoms with Crippen LogP contribution in [0, 0.1) is 0 Å². The maximum absolute atomic E-state index is 12.5. The lowest BCUT2D eigenvalue weighted by Crippen LogP contribution is -2.70. The SMILES string of the molecule is O=C(CBr)NC1C(=O)N2C(C(=O)O)=C(C=C3CCN(N4CCCC4)C3)CSC12. The first kappa shape index (κ1) is 19.9. The average Bonchev–Trinajstić information content (AvgIpc) is 3.36. The Hall–Kier alpha value is -1.36. The summed E-state index contributed by atoms with van der Waals surface area (Å²) in [4.78, 5) is 37.4. The van der Waals surface area contributed by atoms with Crippen LogP contribution in [0.5, 0.6) is 0 Å². The van der Waals surface area contributed by atoms with Crippen LogP contribution in [0.15, 0.2) is 22.9 Å². The van der Waals surface area contributed by atoms with Crippen molar-refractivity contribution in [2.24, 2.45) is 0 Å². The number of nitrogens with zero attached hydrogens (tertiary/aromatic N) is 3. The number of carboxylic acids is 1. The first-order chi connectivity index (χ1) is 13.5. The Morgan fingerprint density at radius 2 is 2.00 bits per heavy atom. The van der Waals surface area contributed by atoms with Gasteiger partial charge in [-0.25, -0.2) is 14.8 Å². The number of β-lactam (4-membered cyclic amide) rings is 1. The number of nitrogens with one attached hydrogen (secondary N) is 1. The molecule has 0 aromatic heterocycles. The molecule has 0 aliphatic carbocycles. The van der Waals surface area contributed by atoms with E-state index in [4.69, 9.17) is 0 Å². The number of carbonyl (C=O) groups excluding carboxylic acids is 2. The lowest BCUT2D eigenvalue weighted by Gasteiger charge is -2.49. The monoisotopic (exact) mass is 470 g/mol. The molecule has 0 aromatic rings. The smallest absolute Gasteiger partial charge is 0.352 e. The number of carbonyl (C=O) groups is 3. The second-order valence-electron chi connectivity index (χ2n) is 7.37. The largest absolute Gasteiger partial charge is 0.477 e. The molecule has 0 aromatic carbocycles. The molecule has 4 rings (SSSR count). The second kappa shape index (κ2) is 8.17. The van der Waals surface area contributed by atoms with E-state index in [0.717, 1.165) is 32.6 Å². The third kappa shape index (κ3) is 3.62. The summed E-state index contributed by atoms with van der Waals surface area (Å²) >= 11 is 4.57. The molecule has 4 heterocycles. The Labute approximate surface area is 176 Å². The van der Waals surface area contributed by atoms with Crippen LogP contribution < -0.4 is 5.32 Å². The van der Waals surface area contributed by atoms with Gasteiger partial charge in [-0.2, -0.15) is 0 Å². The summed E-state index contributed by atoms with van der Waals surface area (Å²) in [5, 5.41) is 16.9. The quantitative estimate of drug-likeness (QED) is 0.452. The number of amides is 2. The third-order valence-electron chi connectivity index (χ3n) is 5.58. The van der Waals surface area contributed by atoms with Crippen LogP contribution in [0.25, 0.3) is 0 Å². The van der Waals surface area contributed by atoms with Gasteiger partial charge in [0.15, 0.2) is 0 Å². The number of fused-ring (bicyclic) bond motifs is 1. The fraction of sp³-hybridized carbons (Fsp3) is 0.611. The molecule has 0 spiro atoms. The average molecular weight is 471 g/mol. The van der Waals surface area contributed by atoms with Crippen LogP contribution in [-0.2, 0) is 14.4 Å². The normalized spacial score (nSPS) is 30.0. The van der Waals surface area contributed by atoms with Crippen molar-refractivity contribution in [3.05, 3.63) is 22.9 Å². The van der Waals surface area contributed by atoms with Crippen molar-refractivity contribution in [3.8, 4) is 0 Å². The minimum atomic E-state index is -1.09. The van der Waals surface area contributed by atoms with Gasteiger partial charge in [-0.3, -0.25) is 14.5 Å². The number of hydrazine groups is 1. The lowest BCUT2D eigenvalue weighted by molar-refractivity contribution is -0.150. The summed E-state index contributed by atoms with van der Waals surface area (Å²) in [5.41, 5.74) is 1.95. The predicted octanol–water partition coefficient (Wildman–Crippen LogP) is 0.763. The molecule has 2 atom stereocenters. The molecular formula is C18H23BrN4O4S. The van der Waals surface area contributed by atoms with Crippen molar-refractivity contribution < 1.29 is 19.5 Å². The van der Waals surface area contributed by atoms with E-state index in [0.29, 0.717) is 11.3 Å². The van der Waals surface area contributed by atoms with Gasteiger partial charge in [0.25, 0.3) is 5.91 Å². The van der Waals surface area contributed by atoms with Gasteiger partial charge < -0.3 is 10.4 Å². The van der Waals surface area contributed by atoms with Crippen molar-refractivity contribution in [1.82, 2.24) is 20.2 Å². The van der Waals surface area contributed by atoms with Gasteiger partial charge in [-0.15, -0.1) is 11.8 Å². The second-order valence-corrected chi connectivity index (χ2v) is 9.03. The fourth-order valence-electron chi connectivity index (χ4n) is 4.22. The molecule has 4 aliphatic rings. The first-order valence-corrected chi connectivity index (χ1v) is 11.6. The molecule has 28 heavy (non-hydrogen) atoms. The molecule has 3 fully saturated rings. The van der Waals surface area contributed by atoms with Gasteiger partial charge in [0.05, 0.1) is 5.33 Å². The van der Waals surface area contributed by atoms with Crippen LogP contribution in [-0.4, -0.2) is 86.5 Å². The van der Waals surface area contributed by atoms with Crippen LogP contribution in [0.3, 0.4) is 0 Å². The van der Waals surface area contributed by atoms with Crippen molar-refractivity contribution in [2.75, 3.05) is 37.3 Å². The number of hydrogen-bond acceptors (Lipinski definition) is 6. The minimum absolute atomic E-state index is 0.0604. The number of hydrogen-bond donors (Lipinski definition) is 2. The van der Waals surface area contributed by atoms with Gasteiger partial charge in [0, 0.05) is 31.9 Å². The predicted molar refractivity (Wildman–Crippen MR) is 109 cm³/mol. The Morgan fingerprint density at radius 1 is 1.25 bits per heavy atom.